The Morgan fingerprint density at radius 1 is 1.08 bits per heavy atom. The van der Waals surface area contributed by atoms with Crippen molar-refractivity contribution in [1.29, 1.82) is 0 Å². The van der Waals surface area contributed by atoms with Gasteiger partial charge in [-0.05, 0) is 31.0 Å². The van der Waals surface area contributed by atoms with Crippen molar-refractivity contribution in [3.8, 4) is 11.5 Å². The van der Waals surface area contributed by atoms with Crippen LogP contribution in [0.5, 0.6) is 11.5 Å². The molecule has 0 saturated heterocycles. The third-order valence-electron chi connectivity index (χ3n) is 7.06. The Labute approximate surface area is 217 Å². The van der Waals surface area contributed by atoms with Crippen molar-refractivity contribution in [1.82, 2.24) is 9.91 Å². The molecule has 1 aliphatic carbocycles. The molecule has 2 aromatic rings. The smallest absolute Gasteiger partial charge is 0.262 e. The molecule has 0 bridgehead atoms. The maximum absolute atomic E-state index is 14.9. The van der Waals surface area contributed by atoms with Crippen molar-refractivity contribution in [2.75, 3.05) is 41.0 Å². The molecule has 198 valence electrons. The van der Waals surface area contributed by atoms with Crippen LogP contribution in [-0.2, 0) is 14.3 Å². The average molecular weight is 512 g/mol. The molecule has 2 amide bonds. The standard InChI is InChI=1S/C28H34FN3O5/c1-35-15-14-31(28(34)19-8-4-5-9-19)18-27(33)32-25(21-10-6-7-11-23(21)29)17-24(30-32)22-13-12-20(36-2)16-26(22)37-3/h6-7,10-13,16,19,25H,4-5,8-9,14-15,17-18H2,1-3H3. The number of halogens is 1. The van der Waals surface area contributed by atoms with E-state index in [1.165, 1.54) is 11.1 Å². The van der Waals surface area contributed by atoms with Gasteiger partial charge in [0.2, 0.25) is 5.91 Å². The van der Waals surface area contributed by atoms with E-state index in [1.807, 2.05) is 6.07 Å². The summed E-state index contributed by atoms with van der Waals surface area (Å²) in [5.41, 5.74) is 1.65. The predicted octanol–water partition coefficient (Wildman–Crippen LogP) is 4.19. The number of hydrogen-bond donors (Lipinski definition) is 0. The second kappa shape index (κ2) is 12.2. The highest BCUT2D eigenvalue weighted by Gasteiger charge is 2.37. The van der Waals surface area contributed by atoms with Gasteiger partial charge in [-0.1, -0.05) is 31.0 Å². The van der Waals surface area contributed by atoms with Gasteiger partial charge in [0.1, 0.15) is 23.9 Å². The molecule has 4 rings (SSSR count). The number of carbonyl (C=O) groups excluding carboxylic acids is 2. The Bertz CT molecular complexity index is 1150. The van der Waals surface area contributed by atoms with Gasteiger partial charge >= 0.3 is 0 Å². The van der Waals surface area contributed by atoms with Gasteiger partial charge in [0, 0.05) is 43.2 Å². The summed E-state index contributed by atoms with van der Waals surface area (Å²) >= 11 is 0. The summed E-state index contributed by atoms with van der Waals surface area (Å²) in [5.74, 6) is 0.258. The molecule has 0 spiro atoms. The van der Waals surface area contributed by atoms with E-state index in [2.05, 4.69) is 5.10 Å². The fourth-order valence-corrected chi connectivity index (χ4v) is 5.06. The number of hydrazone groups is 1. The van der Waals surface area contributed by atoms with Crippen LogP contribution < -0.4 is 9.47 Å². The van der Waals surface area contributed by atoms with Crippen LogP contribution in [0.4, 0.5) is 4.39 Å². The van der Waals surface area contributed by atoms with Crippen molar-refractivity contribution < 1.29 is 28.2 Å². The van der Waals surface area contributed by atoms with E-state index in [-0.39, 0.29) is 24.3 Å². The van der Waals surface area contributed by atoms with Crippen LogP contribution >= 0.6 is 0 Å². The normalized spacial score (nSPS) is 17.6. The molecule has 2 aliphatic rings. The molecule has 2 aromatic carbocycles. The molecule has 1 atom stereocenters. The lowest BCUT2D eigenvalue weighted by Crippen LogP contribution is -2.44. The third kappa shape index (κ3) is 5.93. The van der Waals surface area contributed by atoms with Gasteiger partial charge in [-0.15, -0.1) is 0 Å². The summed E-state index contributed by atoms with van der Waals surface area (Å²) in [5, 5.41) is 5.97. The topological polar surface area (TPSA) is 80.7 Å². The summed E-state index contributed by atoms with van der Waals surface area (Å²) in [6.07, 6.45) is 3.99. The second-order valence-electron chi connectivity index (χ2n) is 9.33. The summed E-state index contributed by atoms with van der Waals surface area (Å²) < 4.78 is 31.0. The van der Waals surface area contributed by atoms with Crippen LogP contribution in [-0.4, -0.2) is 68.5 Å². The number of ether oxygens (including phenoxy) is 3. The van der Waals surface area contributed by atoms with Crippen LogP contribution in [0.1, 0.15) is 49.3 Å². The monoisotopic (exact) mass is 511 g/mol. The highest BCUT2D eigenvalue weighted by atomic mass is 19.1. The van der Waals surface area contributed by atoms with Crippen LogP contribution in [0, 0.1) is 11.7 Å². The van der Waals surface area contributed by atoms with Crippen molar-refractivity contribution in [3.63, 3.8) is 0 Å². The zero-order chi connectivity index (χ0) is 26.4. The van der Waals surface area contributed by atoms with Crippen molar-refractivity contribution in [3.05, 3.63) is 59.4 Å². The number of carbonyl (C=O) groups is 2. The van der Waals surface area contributed by atoms with E-state index in [1.54, 1.807) is 56.6 Å². The second-order valence-corrected chi connectivity index (χ2v) is 9.33. The minimum atomic E-state index is -0.652. The number of benzene rings is 2. The Morgan fingerprint density at radius 3 is 2.51 bits per heavy atom. The van der Waals surface area contributed by atoms with Crippen LogP contribution in [0.2, 0.25) is 0 Å². The van der Waals surface area contributed by atoms with Gasteiger partial charge in [-0.2, -0.15) is 5.10 Å². The molecule has 8 nitrogen and oxygen atoms in total. The van der Waals surface area contributed by atoms with Crippen molar-refractivity contribution in [2.24, 2.45) is 11.0 Å². The van der Waals surface area contributed by atoms with Crippen molar-refractivity contribution >= 4 is 17.5 Å². The minimum Gasteiger partial charge on any atom is -0.497 e. The van der Waals surface area contributed by atoms with Gasteiger partial charge in [-0.3, -0.25) is 9.59 Å². The molecule has 37 heavy (non-hydrogen) atoms. The summed E-state index contributed by atoms with van der Waals surface area (Å²) in [7, 11) is 4.68. The quantitative estimate of drug-likeness (QED) is 0.478. The molecule has 1 unspecified atom stereocenters. The fraction of sp³-hybridized carbons (Fsp3) is 0.464. The van der Waals surface area contributed by atoms with E-state index < -0.39 is 11.9 Å². The van der Waals surface area contributed by atoms with Gasteiger partial charge in [0.05, 0.1) is 32.6 Å². The van der Waals surface area contributed by atoms with Crippen LogP contribution in [0.15, 0.2) is 47.6 Å². The number of hydrogen-bond acceptors (Lipinski definition) is 6. The highest BCUT2D eigenvalue weighted by molar-refractivity contribution is 6.05. The molecule has 1 saturated carbocycles. The highest BCUT2D eigenvalue weighted by Crippen LogP contribution is 2.37. The molecule has 1 heterocycles. The van der Waals surface area contributed by atoms with Crippen LogP contribution in [0.25, 0.3) is 0 Å². The fourth-order valence-electron chi connectivity index (χ4n) is 5.06. The first-order chi connectivity index (χ1) is 18.0. The first kappa shape index (κ1) is 26.6. The van der Waals surface area contributed by atoms with Gasteiger partial charge in [0.15, 0.2) is 0 Å². The minimum absolute atomic E-state index is 0.0365. The lowest BCUT2D eigenvalue weighted by molar-refractivity contribution is -0.144. The zero-order valence-corrected chi connectivity index (χ0v) is 21.6. The molecule has 9 heteroatoms. The van der Waals surface area contributed by atoms with Crippen molar-refractivity contribution in [2.45, 2.75) is 38.1 Å². The predicted molar refractivity (Wildman–Crippen MR) is 137 cm³/mol. The zero-order valence-electron chi connectivity index (χ0n) is 21.6. The summed E-state index contributed by atoms with van der Waals surface area (Å²) in [6.45, 7) is 0.471. The first-order valence-electron chi connectivity index (χ1n) is 12.6. The Balaban J connectivity index is 1.65. The lowest BCUT2D eigenvalue weighted by Gasteiger charge is -2.28. The lowest BCUT2D eigenvalue weighted by atomic mass is 9.97. The van der Waals surface area contributed by atoms with Gasteiger partial charge < -0.3 is 19.1 Å². The van der Waals surface area contributed by atoms with E-state index in [0.717, 1.165) is 25.7 Å². The molecule has 0 aromatic heterocycles. The Hall–Kier alpha value is -3.46. The summed E-state index contributed by atoms with van der Waals surface area (Å²) in [4.78, 5) is 28.4. The number of nitrogens with zero attached hydrogens (tertiary/aromatic N) is 3. The summed E-state index contributed by atoms with van der Waals surface area (Å²) in [6, 6.07) is 11.1. The maximum atomic E-state index is 14.9. The van der Waals surface area contributed by atoms with Gasteiger partial charge in [0.25, 0.3) is 5.91 Å². The number of amides is 2. The van der Waals surface area contributed by atoms with Gasteiger partial charge in [-0.25, -0.2) is 9.40 Å². The first-order valence-corrected chi connectivity index (χ1v) is 12.6. The third-order valence-corrected chi connectivity index (χ3v) is 7.06. The average Bonchev–Trinajstić information content (AvgIpc) is 3.61. The maximum Gasteiger partial charge on any atom is 0.262 e. The molecule has 1 aliphatic heterocycles. The van der Waals surface area contributed by atoms with E-state index in [0.29, 0.717) is 47.9 Å². The molecular formula is C28H34FN3O5. The van der Waals surface area contributed by atoms with E-state index in [4.69, 9.17) is 14.2 Å². The van der Waals surface area contributed by atoms with Crippen LogP contribution in [0.3, 0.4) is 0 Å². The molecule has 0 N–H and O–H groups in total. The Kier molecular flexibility index (Phi) is 8.76. The number of rotatable bonds is 10. The molecule has 1 fully saturated rings. The van der Waals surface area contributed by atoms with E-state index in [9.17, 15) is 14.0 Å². The molecular weight excluding hydrogens is 477 g/mol. The number of methoxy groups -OCH3 is 3. The SMILES string of the molecule is COCCN(CC(=O)N1N=C(c2ccc(OC)cc2OC)CC1c1ccccc1F)C(=O)C1CCCC1. The Morgan fingerprint density at radius 2 is 1.84 bits per heavy atom. The largest absolute Gasteiger partial charge is 0.497 e. The molecule has 0 radical (unpaired) electrons. The van der Waals surface area contributed by atoms with E-state index >= 15 is 0 Å².